The van der Waals surface area contributed by atoms with Gasteiger partial charge in [-0.3, -0.25) is 0 Å². The summed E-state index contributed by atoms with van der Waals surface area (Å²) in [6, 6.07) is 0. The van der Waals surface area contributed by atoms with E-state index in [0.29, 0.717) is 0 Å². The minimum atomic E-state index is 0.811. The van der Waals surface area contributed by atoms with Gasteiger partial charge >= 0.3 is 0 Å². The Morgan fingerprint density at radius 1 is 1.00 bits per heavy atom. The van der Waals surface area contributed by atoms with Crippen molar-refractivity contribution in [2.24, 2.45) is 46.8 Å². The molecule has 0 nitrogen and oxygen atoms in total. The van der Waals surface area contributed by atoms with Gasteiger partial charge in [-0.1, -0.05) is 6.42 Å². The quantitative estimate of drug-likeness (QED) is 0.556. The molecule has 5 rings (SSSR count). The van der Waals surface area contributed by atoms with Crippen LogP contribution in [0.3, 0.4) is 0 Å². The molecule has 0 amide bonds. The topological polar surface area (TPSA) is 0 Å². The third-order valence-corrected chi connectivity index (χ3v) is 8.72. The maximum absolute atomic E-state index is 4.49. The van der Waals surface area contributed by atoms with Gasteiger partial charge < -0.3 is 0 Å². The van der Waals surface area contributed by atoms with Crippen molar-refractivity contribution < 1.29 is 0 Å². The van der Waals surface area contributed by atoms with Gasteiger partial charge in [-0.2, -0.15) is 12.6 Å². The summed E-state index contributed by atoms with van der Waals surface area (Å²) in [4.78, 5) is 0. The first-order valence-corrected chi connectivity index (χ1v) is 9.58. The molecule has 8 unspecified atom stereocenters. The monoisotopic (exact) mass is 276 g/mol. The molecule has 0 saturated heterocycles. The van der Waals surface area contributed by atoms with E-state index in [1.807, 2.05) is 0 Å². The van der Waals surface area contributed by atoms with E-state index in [1.54, 1.807) is 44.9 Å². The second-order valence-electron chi connectivity index (χ2n) is 8.62. The van der Waals surface area contributed by atoms with Gasteiger partial charge in [0.25, 0.3) is 0 Å². The first-order valence-electron chi connectivity index (χ1n) is 8.95. The first-order chi connectivity index (χ1) is 9.34. The lowest BCUT2D eigenvalue weighted by atomic mass is 9.59. The molecule has 0 aromatic rings. The van der Waals surface area contributed by atoms with E-state index >= 15 is 0 Å². The normalized spacial score (nSPS) is 60.8. The zero-order valence-corrected chi connectivity index (χ0v) is 13.0. The Balaban J connectivity index is 1.49. The number of rotatable bonds is 3. The van der Waals surface area contributed by atoms with Crippen LogP contribution in [0, 0.1) is 46.8 Å². The second-order valence-corrected chi connectivity index (χ2v) is 9.06. The third kappa shape index (κ3) is 1.35. The minimum Gasteiger partial charge on any atom is -0.179 e. The summed E-state index contributed by atoms with van der Waals surface area (Å²) in [7, 11) is 0. The maximum atomic E-state index is 4.49. The van der Waals surface area contributed by atoms with Crippen molar-refractivity contribution in [2.45, 2.75) is 57.8 Å². The highest BCUT2D eigenvalue weighted by molar-refractivity contribution is 7.80. The van der Waals surface area contributed by atoms with Gasteiger partial charge in [0.1, 0.15) is 0 Å². The minimum absolute atomic E-state index is 0.811. The van der Waals surface area contributed by atoms with Crippen LogP contribution < -0.4 is 0 Å². The van der Waals surface area contributed by atoms with Gasteiger partial charge in [-0.15, -0.1) is 0 Å². The molecule has 5 saturated carbocycles. The summed E-state index contributed by atoms with van der Waals surface area (Å²) in [5, 5.41) is 0. The van der Waals surface area contributed by atoms with E-state index in [4.69, 9.17) is 0 Å². The summed E-state index contributed by atoms with van der Waals surface area (Å²) in [5.41, 5.74) is 0.811. The number of fused-ring (bicyclic) bond motifs is 12. The molecule has 1 heteroatoms. The summed E-state index contributed by atoms with van der Waals surface area (Å²) in [6.07, 6.45) is 14.1. The molecule has 0 aromatic heterocycles. The van der Waals surface area contributed by atoms with Crippen molar-refractivity contribution in [1.29, 1.82) is 0 Å². The fraction of sp³-hybridized carbons (Fsp3) is 1.00. The Morgan fingerprint density at radius 2 is 1.84 bits per heavy atom. The maximum Gasteiger partial charge on any atom is -0.00977 e. The van der Waals surface area contributed by atoms with Gasteiger partial charge in [0.2, 0.25) is 0 Å². The van der Waals surface area contributed by atoms with Crippen LogP contribution in [0.15, 0.2) is 0 Å². The van der Waals surface area contributed by atoms with Crippen LogP contribution in [0.25, 0.3) is 0 Å². The van der Waals surface area contributed by atoms with Crippen LogP contribution in [0.5, 0.6) is 0 Å². The number of hydrogen-bond donors (Lipinski definition) is 1. The molecule has 0 heterocycles. The molecule has 4 bridgehead atoms. The Bertz CT molecular complexity index is 391. The van der Waals surface area contributed by atoms with Crippen LogP contribution in [0.4, 0.5) is 0 Å². The van der Waals surface area contributed by atoms with Crippen molar-refractivity contribution in [1.82, 2.24) is 0 Å². The molecular weight excluding hydrogens is 248 g/mol. The molecule has 19 heavy (non-hydrogen) atoms. The zero-order valence-electron chi connectivity index (χ0n) is 12.1. The fourth-order valence-electron chi connectivity index (χ4n) is 8.31. The molecule has 0 spiro atoms. The van der Waals surface area contributed by atoms with E-state index < -0.39 is 0 Å². The van der Waals surface area contributed by atoms with E-state index in [-0.39, 0.29) is 0 Å². The molecule has 5 aliphatic carbocycles. The van der Waals surface area contributed by atoms with Crippen molar-refractivity contribution >= 4 is 12.6 Å². The molecule has 0 aliphatic heterocycles. The average Bonchev–Trinajstić information content (AvgIpc) is 3.15. The molecule has 0 N–H and O–H groups in total. The van der Waals surface area contributed by atoms with Crippen LogP contribution in [0.2, 0.25) is 0 Å². The Hall–Kier alpha value is 0.350. The van der Waals surface area contributed by atoms with Crippen molar-refractivity contribution in [3.63, 3.8) is 0 Å². The van der Waals surface area contributed by atoms with Gasteiger partial charge in [-0.05, 0) is 104 Å². The lowest BCUT2D eigenvalue weighted by Crippen LogP contribution is -2.40. The average molecular weight is 276 g/mol. The SMILES string of the molecule is SCCCC12CCC(C1)C1C3CC(C4CCCC43)C12. The van der Waals surface area contributed by atoms with Crippen LogP contribution >= 0.6 is 12.6 Å². The lowest BCUT2D eigenvalue weighted by Gasteiger charge is -2.46. The van der Waals surface area contributed by atoms with E-state index in [9.17, 15) is 0 Å². The lowest BCUT2D eigenvalue weighted by molar-refractivity contribution is 0.0200. The standard InChI is InChI=1S/C18H28S/c19-8-2-6-18-7-5-11(10-18)16-14-9-15(17(16)18)13-4-1-3-12(13)14/h11-17,19H,1-10H2. The Kier molecular flexibility index (Phi) is 2.49. The van der Waals surface area contributed by atoms with Crippen molar-refractivity contribution in [3.8, 4) is 0 Å². The second kappa shape index (κ2) is 3.96. The number of hydrogen-bond acceptors (Lipinski definition) is 1. The molecule has 5 fully saturated rings. The molecule has 0 aromatic carbocycles. The zero-order chi connectivity index (χ0) is 12.6. The smallest absolute Gasteiger partial charge is 0.00977 e. The molecule has 5 aliphatic rings. The van der Waals surface area contributed by atoms with Crippen molar-refractivity contribution in [3.05, 3.63) is 0 Å². The predicted molar refractivity (Wildman–Crippen MR) is 82.3 cm³/mol. The molecular formula is C18H28S. The van der Waals surface area contributed by atoms with E-state index in [0.717, 1.165) is 17.1 Å². The molecule has 8 atom stereocenters. The van der Waals surface area contributed by atoms with Crippen LogP contribution in [-0.2, 0) is 0 Å². The highest BCUT2D eigenvalue weighted by atomic mass is 32.1. The van der Waals surface area contributed by atoms with E-state index in [1.165, 1.54) is 48.3 Å². The summed E-state index contributed by atoms with van der Waals surface area (Å²) in [6.45, 7) is 0. The van der Waals surface area contributed by atoms with Gasteiger partial charge in [0, 0.05) is 0 Å². The number of thiol groups is 1. The first kappa shape index (κ1) is 12.0. The van der Waals surface area contributed by atoms with Gasteiger partial charge in [0.15, 0.2) is 0 Å². The van der Waals surface area contributed by atoms with Crippen LogP contribution in [0.1, 0.15) is 57.8 Å². The molecule has 106 valence electrons. The van der Waals surface area contributed by atoms with Crippen LogP contribution in [-0.4, -0.2) is 5.75 Å². The Labute approximate surface area is 123 Å². The van der Waals surface area contributed by atoms with E-state index in [2.05, 4.69) is 12.6 Å². The largest absolute Gasteiger partial charge is 0.179 e. The highest BCUT2D eigenvalue weighted by Gasteiger charge is 2.70. The fourth-order valence-corrected chi connectivity index (χ4v) is 8.47. The summed E-state index contributed by atoms with van der Waals surface area (Å²) in [5.74, 6) is 9.36. The van der Waals surface area contributed by atoms with Crippen molar-refractivity contribution in [2.75, 3.05) is 5.75 Å². The molecule has 0 radical (unpaired) electrons. The Morgan fingerprint density at radius 3 is 2.68 bits per heavy atom. The van der Waals surface area contributed by atoms with Gasteiger partial charge in [-0.25, -0.2) is 0 Å². The third-order valence-electron chi connectivity index (χ3n) is 8.41. The summed E-state index contributed by atoms with van der Waals surface area (Å²) < 4.78 is 0. The predicted octanol–water partition coefficient (Wildman–Crippen LogP) is 4.79. The highest BCUT2D eigenvalue weighted by Crippen LogP contribution is 2.77. The summed E-state index contributed by atoms with van der Waals surface area (Å²) >= 11 is 4.49. The van der Waals surface area contributed by atoms with Gasteiger partial charge in [0.05, 0.1) is 0 Å².